The Hall–Kier alpha value is -3.12. The molecule has 0 atom stereocenters. The Kier molecular flexibility index (Phi) is 6.60. The molecule has 1 N–H and O–H groups in total. The van der Waals surface area contributed by atoms with E-state index < -0.39 is 5.97 Å². The van der Waals surface area contributed by atoms with Crippen LogP contribution in [0.3, 0.4) is 0 Å². The maximum Gasteiger partial charge on any atom is 0.341 e. The summed E-state index contributed by atoms with van der Waals surface area (Å²) in [6.07, 6.45) is 1.62. The molecule has 0 saturated heterocycles. The number of pyridine rings is 1. The first-order chi connectivity index (χ1) is 13.2. The van der Waals surface area contributed by atoms with Gasteiger partial charge in [0.15, 0.2) is 6.61 Å². The molecular weight excluding hydrogens is 360 g/mol. The molecule has 136 valence electrons. The number of nitrogens with one attached hydrogen (secondary N) is 1. The quantitative estimate of drug-likeness (QED) is 0.635. The zero-order valence-corrected chi connectivity index (χ0v) is 15.3. The largest absolute Gasteiger partial charge is 0.452 e. The van der Waals surface area contributed by atoms with Crippen molar-refractivity contribution < 1.29 is 14.3 Å². The van der Waals surface area contributed by atoms with E-state index >= 15 is 0 Å². The fourth-order valence-electron chi connectivity index (χ4n) is 2.28. The summed E-state index contributed by atoms with van der Waals surface area (Å²) in [4.78, 5) is 29.5. The van der Waals surface area contributed by atoms with Crippen LogP contribution in [0.25, 0.3) is 0 Å². The molecule has 0 bridgehead atoms. The number of rotatable bonds is 7. The number of carbonyl (C=O) groups excluding carboxylic acids is 2. The predicted molar refractivity (Wildman–Crippen MR) is 103 cm³/mol. The van der Waals surface area contributed by atoms with E-state index in [1.54, 1.807) is 18.3 Å². The fourth-order valence-corrected chi connectivity index (χ4v) is 3.18. The van der Waals surface area contributed by atoms with Crippen LogP contribution < -0.4 is 5.32 Å². The van der Waals surface area contributed by atoms with E-state index in [2.05, 4.69) is 10.3 Å². The highest BCUT2D eigenvalue weighted by molar-refractivity contribution is 7.99. The van der Waals surface area contributed by atoms with Crippen LogP contribution in [0, 0.1) is 0 Å². The van der Waals surface area contributed by atoms with Crippen molar-refractivity contribution in [1.82, 2.24) is 10.3 Å². The number of carbonyl (C=O) groups is 2. The third-order valence-corrected chi connectivity index (χ3v) is 4.64. The van der Waals surface area contributed by atoms with E-state index in [-0.39, 0.29) is 12.5 Å². The van der Waals surface area contributed by atoms with Crippen molar-refractivity contribution in [1.29, 1.82) is 0 Å². The van der Waals surface area contributed by atoms with E-state index in [0.29, 0.717) is 17.1 Å². The van der Waals surface area contributed by atoms with Gasteiger partial charge in [0.2, 0.25) is 0 Å². The van der Waals surface area contributed by atoms with Gasteiger partial charge in [0.1, 0.15) is 5.03 Å². The van der Waals surface area contributed by atoms with Gasteiger partial charge in [0.25, 0.3) is 5.91 Å². The van der Waals surface area contributed by atoms with E-state index in [9.17, 15) is 9.59 Å². The van der Waals surface area contributed by atoms with E-state index in [0.717, 1.165) is 10.5 Å². The van der Waals surface area contributed by atoms with Gasteiger partial charge in [0, 0.05) is 17.6 Å². The second-order valence-electron chi connectivity index (χ2n) is 5.61. The van der Waals surface area contributed by atoms with Crippen LogP contribution in [-0.4, -0.2) is 23.5 Å². The maximum absolute atomic E-state index is 12.4. The van der Waals surface area contributed by atoms with Crippen molar-refractivity contribution in [3.8, 4) is 0 Å². The van der Waals surface area contributed by atoms with Gasteiger partial charge in [-0.05, 0) is 29.8 Å². The first-order valence-electron chi connectivity index (χ1n) is 8.38. The van der Waals surface area contributed by atoms with E-state index in [1.807, 2.05) is 60.7 Å². The Morgan fingerprint density at radius 3 is 2.37 bits per heavy atom. The normalized spacial score (nSPS) is 10.2. The van der Waals surface area contributed by atoms with Crippen molar-refractivity contribution >= 4 is 23.6 Å². The van der Waals surface area contributed by atoms with Gasteiger partial charge in [0.05, 0.1) is 5.56 Å². The van der Waals surface area contributed by atoms with E-state index in [1.165, 1.54) is 11.8 Å². The highest BCUT2D eigenvalue weighted by atomic mass is 32.2. The molecule has 27 heavy (non-hydrogen) atoms. The van der Waals surface area contributed by atoms with Crippen molar-refractivity contribution in [3.63, 3.8) is 0 Å². The molecule has 5 nitrogen and oxygen atoms in total. The number of hydrogen-bond donors (Lipinski definition) is 1. The van der Waals surface area contributed by atoms with Crippen LogP contribution in [0.5, 0.6) is 0 Å². The Morgan fingerprint density at radius 2 is 1.63 bits per heavy atom. The number of nitrogens with zero attached hydrogens (tertiary/aromatic N) is 1. The standard InChI is InChI=1S/C21H18N2O3S/c24-19(23-14-16-8-3-1-4-9-16)15-26-21(25)18-12-7-13-22-20(18)27-17-10-5-2-6-11-17/h1-13H,14-15H2,(H,23,24). The summed E-state index contributed by atoms with van der Waals surface area (Å²) in [5.74, 6) is -0.926. The molecule has 1 amide bonds. The molecule has 1 heterocycles. The molecule has 2 aromatic carbocycles. The molecule has 6 heteroatoms. The molecule has 0 radical (unpaired) electrons. The minimum Gasteiger partial charge on any atom is -0.452 e. The first-order valence-corrected chi connectivity index (χ1v) is 9.19. The lowest BCUT2D eigenvalue weighted by molar-refractivity contribution is -0.124. The Bertz CT molecular complexity index is 902. The molecule has 0 aliphatic carbocycles. The number of amides is 1. The average Bonchev–Trinajstić information content (AvgIpc) is 2.72. The monoisotopic (exact) mass is 378 g/mol. The predicted octanol–water partition coefficient (Wildman–Crippen LogP) is 3.71. The van der Waals surface area contributed by atoms with Gasteiger partial charge in [-0.15, -0.1) is 0 Å². The number of ether oxygens (including phenoxy) is 1. The topological polar surface area (TPSA) is 68.3 Å². The van der Waals surface area contributed by atoms with Crippen LogP contribution in [0.15, 0.2) is 88.9 Å². The second kappa shape index (κ2) is 9.54. The molecule has 0 spiro atoms. The SMILES string of the molecule is O=C(COC(=O)c1cccnc1Sc1ccccc1)NCc1ccccc1. The second-order valence-corrected chi connectivity index (χ2v) is 6.67. The summed E-state index contributed by atoms with van der Waals surface area (Å²) >= 11 is 1.37. The number of aromatic nitrogens is 1. The minimum absolute atomic E-state index is 0.335. The summed E-state index contributed by atoms with van der Waals surface area (Å²) in [6.45, 7) is 0.0508. The molecule has 0 saturated carbocycles. The number of esters is 1. The fraction of sp³-hybridized carbons (Fsp3) is 0.0952. The molecule has 0 fully saturated rings. The molecule has 3 aromatic rings. The number of hydrogen-bond acceptors (Lipinski definition) is 5. The minimum atomic E-state index is -0.573. The van der Waals surface area contributed by atoms with Crippen LogP contribution >= 0.6 is 11.8 Å². The zero-order valence-electron chi connectivity index (χ0n) is 14.5. The van der Waals surface area contributed by atoms with Gasteiger partial charge in [-0.25, -0.2) is 9.78 Å². The van der Waals surface area contributed by atoms with Gasteiger partial charge in [-0.3, -0.25) is 4.79 Å². The highest BCUT2D eigenvalue weighted by Crippen LogP contribution is 2.28. The smallest absolute Gasteiger partial charge is 0.341 e. The Labute approximate surface area is 161 Å². The van der Waals surface area contributed by atoms with Crippen molar-refractivity contribution in [2.24, 2.45) is 0 Å². The average molecular weight is 378 g/mol. The Balaban J connectivity index is 1.55. The summed E-state index contributed by atoms with van der Waals surface area (Å²) in [5.41, 5.74) is 1.31. The van der Waals surface area contributed by atoms with E-state index in [4.69, 9.17) is 4.74 Å². The third-order valence-electron chi connectivity index (χ3n) is 3.62. The molecule has 0 unspecified atom stereocenters. The van der Waals surface area contributed by atoms with Gasteiger partial charge >= 0.3 is 5.97 Å². The lowest BCUT2D eigenvalue weighted by Gasteiger charge is -2.09. The molecule has 1 aromatic heterocycles. The van der Waals surface area contributed by atoms with Crippen LogP contribution in [0.4, 0.5) is 0 Å². The van der Waals surface area contributed by atoms with Gasteiger partial charge < -0.3 is 10.1 Å². The van der Waals surface area contributed by atoms with Gasteiger partial charge in [-0.2, -0.15) is 0 Å². The van der Waals surface area contributed by atoms with Crippen molar-refractivity contribution in [2.75, 3.05) is 6.61 Å². The molecule has 0 aliphatic heterocycles. The Morgan fingerprint density at radius 1 is 0.926 bits per heavy atom. The number of benzene rings is 2. The van der Waals surface area contributed by atoms with Crippen LogP contribution in [-0.2, 0) is 16.1 Å². The summed E-state index contributed by atoms with van der Waals surface area (Å²) in [7, 11) is 0. The summed E-state index contributed by atoms with van der Waals surface area (Å²) in [6, 6.07) is 22.5. The highest BCUT2D eigenvalue weighted by Gasteiger charge is 2.16. The molecule has 0 aliphatic rings. The van der Waals surface area contributed by atoms with Crippen molar-refractivity contribution in [2.45, 2.75) is 16.5 Å². The first kappa shape index (κ1) is 18.7. The van der Waals surface area contributed by atoms with Crippen molar-refractivity contribution in [3.05, 3.63) is 90.1 Å². The molecular formula is C21H18N2O3S. The molecule has 3 rings (SSSR count). The summed E-state index contributed by atoms with van der Waals surface area (Å²) < 4.78 is 5.15. The lowest BCUT2D eigenvalue weighted by Crippen LogP contribution is -2.28. The maximum atomic E-state index is 12.4. The zero-order chi connectivity index (χ0) is 18.9. The lowest BCUT2D eigenvalue weighted by atomic mass is 10.2. The third kappa shape index (κ3) is 5.69. The van der Waals surface area contributed by atoms with Crippen LogP contribution in [0.1, 0.15) is 15.9 Å². The van der Waals surface area contributed by atoms with Gasteiger partial charge in [-0.1, -0.05) is 60.3 Å². The van der Waals surface area contributed by atoms with Crippen LogP contribution in [0.2, 0.25) is 0 Å². The summed E-state index contributed by atoms with van der Waals surface area (Å²) in [5, 5.41) is 3.26.